The third kappa shape index (κ3) is 8.60. The Balaban J connectivity index is 0.00000400. The smallest absolute Gasteiger partial charge is 0.189 e. The molecule has 21 heavy (non-hydrogen) atoms. The minimum Gasteiger partial charge on any atom is -0.370 e. The van der Waals surface area contributed by atoms with Crippen LogP contribution < -0.4 is 11.1 Å². The van der Waals surface area contributed by atoms with Crippen LogP contribution in [0.5, 0.6) is 0 Å². The van der Waals surface area contributed by atoms with E-state index in [1.807, 2.05) is 0 Å². The van der Waals surface area contributed by atoms with Crippen LogP contribution in [0.4, 0.5) is 0 Å². The Labute approximate surface area is 150 Å². The second-order valence-electron chi connectivity index (χ2n) is 6.07. The molecule has 4 nitrogen and oxygen atoms in total. The number of hydrogen-bond acceptors (Lipinski definition) is 3. The van der Waals surface area contributed by atoms with Crippen molar-refractivity contribution in [3.05, 3.63) is 16.1 Å². The number of guanidine groups is 1. The van der Waals surface area contributed by atoms with Gasteiger partial charge in [0.15, 0.2) is 5.96 Å². The second kappa shape index (κ2) is 10.4. The third-order valence-electron chi connectivity index (χ3n) is 3.04. The number of nitrogens with one attached hydrogen (secondary N) is 1. The lowest BCUT2D eigenvalue weighted by Gasteiger charge is -2.14. The Morgan fingerprint density at radius 3 is 2.62 bits per heavy atom. The highest BCUT2D eigenvalue weighted by Gasteiger charge is 2.17. The summed E-state index contributed by atoms with van der Waals surface area (Å²) >= 11 is 1.65. The normalized spacial score (nSPS) is 12.1. The van der Waals surface area contributed by atoms with Gasteiger partial charge in [-0.15, -0.1) is 35.3 Å². The van der Waals surface area contributed by atoms with Crippen molar-refractivity contribution in [1.82, 2.24) is 10.3 Å². The molecule has 0 saturated heterocycles. The second-order valence-corrected chi connectivity index (χ2v) is 7.01. The summed E-state index contributed by atoms with van der Waals surface area (Å²) in [6, 6.07) is 0. The number of aromatic nitrogens is 1. The van der Waals surface area contributed by atoms with Crippen molar-refractivity contribution in [2.45, 2.75) is 65.3 Å². The fraction of sp³-hybridized carbons (Fsp3) is 0.733. The van der Waals surface area contributed by atoms with E-state index in [9.17, 15) is 0 Å². The van der Waals surface area contributed by atoms with Gasteiger partial charge in [-0.25, -0.2) is 9.98 Å². The van der Waals surface area contributed by atoms with Crippen LogP contribution in [0.15, 0.2) is 10.4 Å². The largest absolute Gasteiger partial charge is 0.370 e. The molecule has 6 heteroatoms. The minimum atomic E-state index is 0. The minimum absolute atomic E-state index is 0. The summed E-state index contributed by atoms with van der Waals surface area (Å²) in [5, 5.41) is 6.28. The van der Waals surface area contributed by atoms with Crippen LogP contribution in [-0.4, -0.2) is 17.5 Å². The summed E-state index contributed by atoms with van der Waals surface area (Å²) in [5.74, 6) is 0.522. The van der Waals surface area contributed by atoms with Gasteiger partial charge in [-0.3, -0.25) is 0 Å². The van der Waals surface area contributed by atoms with Gasteiger partial charge in [0.1, 0.15) is 5.01 Å². The number of thiazole rings is 1. The highest BCUT2D eigenvalue weighted by Crippen LogP contribution is 2.24. The highest BCUT2D eigenvalue weighted by atomic mass is 127. The first-order chi connectivity index (χ1) is 9.43. The first-order valence-electron chi connectivity index (χ1n) is 7.42. The molecule has 1 aromatic rings. The Kier molecular flexibility index (Phi) is 10.2. The van der Waals surface area contributed by atoms with Crippen LogP contribution in [0.1, 0.15) is 64.1 Å². The number of nitrogens with zero attached hydrogens (tertiary/aromatic N) is 2. The molecule has 0 fully saturated rings. The van der Waals surface area contributed by atoms with Gasteiger partial charge < -0.3 is 11.1 Å². The van der Waals surface area contributed by atoms with Crippen LogP contribution in [0.25, 0.3) is 0 Å². The van der Waals surface area contributed by atoms with Crippen molar-refractivity contribution in [2.24, 2.45) is 10.7 Å². The molecule has 1 aromatic heterocycles. The maximum Gasteiger partial charge on any atom is 0.189 e. The molecule has 3 N–H and O–H groups in total. The van der Waals surface area contributed by atoms with Crippen LogP contribution in [-0.2, 0) is 12.0 Å². The lowest BCUT2D eigenvalue weighted by atomic mass is 9.93. The average Bonchev–Trinajstić information content (AvgIpc) is 2.85. The molecule has 1 heterocycles. The lowest BCUT2D eigenvalue weighted by molar-refractivity contribution is 0.571. The molecule has 0 aliphatic heterocycles. The zero-order valence-electron chi connectivity index (χ0n) is 13.6. The third-order valence-corrected chi connectivity index (χ3v) is 3.87. The molecule has 0 unspecified atom stereocenters. The first kappa shape index (κ1) is 20.6. The number of unbranched alkanes of at least 4 members (excludes halogenated alkanes) is 3. The predicted molar refractivity (Wildman–Crippen MR) is 104 cm³/mol. The summed E-state index contributed by atoms with van der Waals surface area (Å²) in [5.41, 5.74) is 7.07. The summed E-state index contributed by atoms with van der Waals surface area (Å²) in [6.07, 6.45) is 4.94. The van der Waals surface area contributed by atoms with E-state index in [0.29, 0.717) is 12.5 Å². The van der Waals surface area contributed by atoms with Crippen molar-refractivity contribution < 1.29 is 0 Å². The van der Waals surface area contributed by atoms with E-state index in [4.69, 9.17) is 5.73 Å². The van der Waals surface area contributed by atoms with Gasteiger partial charge in [0.05, 0.1) is 12.2 Å². The summed E-state index contributed by atoms with van der Waals surface area (Å²) < 4.78 is 0. The maximum atomic E-state index is 5.84. The zero-order chi connectivity index (χ0) is 15.0. The van der Waals surface area contributed by atoms with Gasteiger partial charge >= 0.3 is 0 Å². The number of aliphatic imine (C=N–C) groups is 1. The molecule has 0 aromatic carbocycles. The van der Waals surface area contributed by atoms with Gasteiger partial charge in [-0.2, -0.15) is 0 Å². The number of hydrogen-bond donors (Lipinski definition) is 2. The zero-order valence-corrected chi connectivity index (χ0v) is 16.8. The Bertz CT molecular complexity index is 424. The van der Waals surface area contributed by atoms with Crippen molar-refractivity contribution in [2.75, 3.05) is 6.54 Å². The molecular weight excluding hydrogens is 395 g/mol. The topological polar surface area (TPSA) is 63.3 Å². The predicted octanol–water partition coefficient (Wildman–Crippen LogP) is 4.04. The van der Waals surface area contributed by atoms with Crippen molar-refractivity contribution in [3.8, 4) is 0 Å². The van der Waals surface area contributed by atoms with Crippen LogP contribution in [0.3, 0.4) is 0 Å². The highest BCUT2D eigenvalue weighted by molar-refractivity contribution is 14.0. The molecule has 1 rings (SSSR count). The Morgan fingerprint density at radius 2 is 2.05 bits per heavy atom. The van der Waals surface area contributed by atoms with E-state index in [0.717, 1.165) is 23.7 Å². The van der Waals surface area contributed by atoms with Gasteiger partial charge in [0, 0.05) is 17.3 Å². The molecular formula is C15H29IN4S. The van der Waals surface area contributed by atoms with E-state index >= 15 is 0 Å². The summed E-state index contributed by atoms with van der Waals surface area (Å²) in [6.45, 7) is 10.2. The summed E-state index contributed by atoms with van der Waals surface area (Å²) in [7, 11) is 0. The first-order valence-corrected chi connectivity index (χ1v) is 8.30. The lowest BCUT2D eigenvalue weighted by Crippen LogP contribution is -2.32. The van der Waals surface area contributed by atoms with E-state index in [2.05, 4.69) is 48.4 Å². The van der Waals surface area contributed by atoms with Gasteiger partial charge in [0.25, 0.3) is 0 Å². The average molecular weight is 424 g/mol. The maximum absolute atomic E-state index is 5.84. The van der Waals surface area contributed by atoms with Gasteiger partial charge in [0.2, 0.25) is 0 Å². The number of rotatable bonds is 7. The van der Waals surface area contributed by atoms with E-state index in [1.165, 1.54) is 19.3 Å². The van der Waals surface area contributed by atoms with Gasteiger partial charge in [-0.05, 0) is 6.42 Å². The number of halogens is 1. The molecule has 0 radical (unpaired) electrons. The van der Waals surface area contributed by atoms with E-state index in [1.54, 1.807) is 11.3 Å². The molecule has 0 spiro atoms. The monoisotopic (exact) mass is 424 g/mol. The molecule has 0 amide bonds. The van der Waals surface area contributed by atoms with Crippen LogP contribution in [0, 0.1) is 0 Å². The Hall–Kier alpha value is -0.370. The molecule has 0 aliphatic carbocycles. The quantitative estimate of drug-likeness (QED) is 0.301. The fourth-order valence-corrected chi connectivity index (χ4v) is 2.65. The van der Waals surface area contributed by atoms with Crippen LogP contribution >= 0.6 is 35.3 Å². The van der Waals surface area contributed by atoms with E-state index in [-0.39, 0.29) is 29.4 Å². The summed E-state index contributed by atoms with van der Waals surface area (Å²) in [4.78, 5) is 8.94. The molecule has 0 aliphatic rings. The van der Waals surface area contributed by atoms with Crippen molar-refractivity contribution in [1.29, 1.82) is 0 Å². The SMILES string of the molecule is CCCCCCNC(N)=NCc1nc(C(C)(C)C)cs1.I. The number of nitrogens with two attached hydrogens (primary N) is 1. The molecule has 122 valence electrons. The fourth-order valence-electron chi connectivity index (χ4n) is 1.70. The Morgan fingerprint density at radius 1 is 1.33 bits per heavy atom. The standard InChI is InChI=1S/C15H28N4S.HI/c1-5-6-7-8-9-17-14(16)18-10-13-19-12(11-20-13)15(2,3)4;/h11H,5-10H2,1-4H3,(H3,16,17,18);1H. The molecule has 0 bridgehead atoms. The van der Waals surface area contributed by atoms with Gasteiger partial charge in [-0.1, -0.05) is 47.0 Å². The van der Waals surface area contributed by atoms with Crippen molar-refractivity contribution in [3.63, 3.8) is 0 Å². The van der Waals surface area contributed by atoms with E-state index < -0.39 is 0 Å². The molecule has 0 atom stereocenters. The van der Waals surface area contributed by atoms with Crippen molar-refractivity contribution >= 4 is 41.3 Å². The molecule has 0 saturated carbocycles. The van der Waals surface area contributed by atoms with Crippen LogP contribution in [0.2, 0.25) is 0 Å².